The van der Waals surface area contributed by atoms with Gasteiger partial charge in [-0.1, -0.05) is 30.3 Å². The number of amides is 3. The minimum Gasteiger partial charge on any atom is -0.339 e. The fourth-order valence-electron chi connectivity index (χ4n) is 2.94. The van der Waals surface area contributed by atoms with Crippen molar-refractivity contribution in [1.29, 1.82) is 0 Å². The molecule has 6 nitrogen and oxygen atoms in total. The van der Waals surface area contributed by atoms with Crippen molar-refractivity contribution < 1.29 is 14.4 Å². The predicted molar refractivity (Wildman–Crippen MR) is 111 cm³/mol. The zero-order valence-electron chi connectivity index (χ0n) is 16.6. The molecule has 0 heterocycles. The molecular weight excluding hydrogens is 354 g/mol. The molecule has 0 aromatic heterocycles. The second-order valence-electron chi connectivity index (χ2n) is 6.54. The Morgan fingerprint density at radius 1 is 0.929 bits per heavy atom. The first-order chi connectivity index (χ1) is 13.4. The van der Waals surface area contributed by atoms with Gasteiger partial charge in [-0.2, -0.15) is 0 Å². The number of hydrogen-bond acceptors (Lipinski definition) is 3. The Bertz CT molecular complexity index is 804. The van der Waals surface area contributed by atoms with Crippen LogP contribution in [-0.2, 0) is 20.9 Å². The molecule has 0 atom stereocenters. The van der Waals surface area contributed by atoms with Crippen molar-refractivity contribution in [2.45, 2.75) is 33.7 Å². The molecule has 0 saturated carbocycles. The van der Waals surface area contributed by atoms with E-state index in [2.05, 4.69) is 5.32 Å². The second-order valence-corrected chi connectivity index (χ2v) is 6.54. The third kappa shape index (κ3) is 6.23. The van der Waals surface area contributed by atoms with E-state index < -0.39 is 0 Å². The van der Waals surface area contributed by atoms with Gasteiger partial charge < -0.3 is 15.1 Å². The first-order valence-electron chi connectivity index (χ1n) is 9.38. The highest BCUT2D eigenvalue weighted by Gasteiger charge is 2.17. The lowest BCUT2D eigenvalue weighted by Gasteiger charge is -2.25. The van der Waals surface area contributed by atoms with Crippen molar-refractivity contribution >= 4 is 29.1 Å². The molecule has 1 N–H and O–H groups in total. The summed E-state index contributed by atoms with van der Waals surface area (Å²) in [6.45, 7) is 6.34. The molecule has 2 rings (SSSR count). The van der Waals surface area contributed by atoms with Crippen LogP contribution in [0.3, 0.4) is 0 Å². The number of rotatable bonds is 8. The lowest BCUT2D eigenvalue weighted by Crippen LogP contribution is -2.36. The van der Waals surface area contributed by atoms with E-state index in [4.69, 9.17) is 0 Å². The summed E-state index contributed by atoms with van der Waals surface area (Å²) in [5.74, 6) is -0.279. The molecule has 2 aromatic rings. The monoisotopic (exact) mass is 381 g/mol. The van der Waals surface area contributed by atoms with Gasteiger partial charge >= 0.3 is 0 Å². The maximum atomic E-state index is 12.7. The normalized spacial score (nSPS) is 10.2. The van der Waals surface area contributed by atoms with Crippen LogP contribution < -0.4 is 10.2 Å². The van der Waals surface area contributed by atoms with Crippen molar-refractivity contribution in [3.05, 3.63) is 60.2 Å². The topological polar surface area (TPSA) is 69.7 Å². The summed E-state index contributed by atoms with van der Waals surface area (Å²) in [6, 6.07) is 16.8. The van der Waals surface area contributed by atoms with Crippen LogP contribution in [0.5, 0.6) is 0 Å². The average Bonchev–Trinajstić information content (AvgIpc) is 2.67. The molecule has 0 aliphatic carbocycles. The molecule has 0 bridgehead atoms. The van der Waals surface area contributed by atoms with Crippen molar-refractivity contribution in [1.82, 2.24) is 4.90 Å². The average molecular weight is 381 g/mol. The molecule has 0 aliphatic rings. The van der Waals surface area contributed by atoms with Crippen LogP contribution in [0.15, 0.2) is 54.6 Å². The third-order valence-electron chi connectivity index (χ3n) is 4.38. The third-order valence-corrected chi connectivity index (χ3v) is 4.38. The smallest absolute Gasteiger partial charge is 0.224 e. The van der Waals surface area contributed by atoms with Crippen molar-refractivity contribution in [3.63, 3.8) is 0 Å². The quantitative estimate of drug-likeness (QED) is 0.762. The van der Waals surface area contributed by atoms with E-state index >= 15 is 0 Å². The summed E-state index contributed by atoms with van der Waals surface area (Å²) in [5, 5.41) is 2.69. The molecule has 3 amide bonds. The zero-order valence-corrected chi connectivity index (χ0v) is 16.6. The number of anilines is 2. The number of nitrogens with one attached hydrogen (secondary N) is 1. The van der Waals surface area contributed by atoms with Crippen LogP contribution in [0.25, 0.3) is 0 Å². The fraction of sp³-hybridized carbons (Fsp3) is 0.318. The first kappa shape index (κ1) is 21.2. The van der Waals surface area contributed by atoms with Gasteiger partial charge in [-0.05, 0) is 36.8 Å². The van der Waals surface area contributed by atoms with Crippen molar-refractivity contribution in [2.24, 2.45) is 0 Å². The maximum absolute atomic E-state index is 12.7. The van der Waals surface area contributed by atoms with Gasteiger partial charge in [-0.25, -0.2) is 0 Å². The molecule has 28 heavy (non-hydrogen) atoms. The van der Waals surface area contributed by atoms with Crippen LogP contribution >= 0.6 is 0 Å². The Balaban J connectivity index is 2.00. The van der Waals surface area contributed by atoms with Crippen LogP contribution in [0.2, 0.25) is 0 Å². The number of carbonyl (C=O) groups is 3. The SMILES string of the molecule is CCN(Cc1ccccc1)C(=O)CCN(C(C)=O)c1ccc(NC(C)=O)cc1. The Morgan fingerprint density at radius 3 is 2.11 bits per heavy atom. The van der Waals surface area contributed by atoms with E-state index in [0.717, 1.165) is 5.56 Å². The molecule has 0 unspecified atom stereocenters. The summed E-state index contributed by atoms with van der Waals surface area (Å²) >= 11 is 0. The highest BCUT2D eigenvalue weighted by molar-refractivity contribution is 5.93. The highest BCUT2D eigenvalue weighted by Crippen LogP contribution is 2.19. The summed E-state index contributed by atoms with van der Waals surface area (Å²) < 4.78 is 0. The summed E-state index contributed by atoms with van der Waals surface area (Å²) in [7, 11) is 0. The number of nitrogens with zero attached hydrogens (tertiary/aromatic N) is 2. The lowest BCUT2D eigenvalue weighted by molar-refractivity contribution is -0.131. The molecule has 0 radical (unpaired) electrons. The maximum Gasteiger partial charge on any atom is 0.224 e. The van der Waals surface area contributed by atoms with E-state index in [1.807, 2.05) is 37.3 Å². The van der Waals surface area contributed by atoms with Gasteiger partial charge in [0.25, 0.3) is 0 Å². The number of hydrogen-bond donors (Lipinski definition) is 1. The van der Waals surface area contributed by atoms with Crippen LogP contribution in [-0.4, -0.2) is 35.7 Å². The van der Waals surface area contributed by atoms with E-state index in [0.29, 0.717) is 31.0 Å². The molecule has 0 spiro atoms. The van der Waals surface area contributed by atoms with E-state index in [-0.39, 0.29) is 24.1 Å². The Morgan fingerprint density at radius 2 is 1.57 bits per heavy atom. The molecule has 0 fully saturated rings. The Kier molecular flexibility index (Phi) is 7.75. The van der Waals surface area contributed by atoms with Gasteiger partial charge in [-0.15, -0.1) is 0 Å². The molecule has 0 saturated heterocycles. The molecule has 2 aromatic carbocycles. The zero-order chi connectivity index (χ0) is 20.5. The van der Waals surface area contributed by atoms with Crippen LogP contribution in [0.4, 0.5) is 11.4 Å². The standard InChI is InChI=1S/C22H27N3O3/c1-4-24(16-19-8-6-5-7-9-19)22(28)14-15-25(18(3)27)21-12-10-20(11-13-21)23-17(2)26/h5-13H,4,14-16H2,1-3H3,(H,23,26). The summed E-state index contributed by atoms with van der Waals surface area (Å²) in [6.07, 6.45) is 0.244. The fourth-order valence-corrected chi connectivity index (χ4v) is 2.94. The van der Waals surface area contributed by atoms with Gasteiger partial charge in [0.1, 0.15) is 0 Å². The predicted octanol–water partition coefficient (Wildman–Crippen LogP) is 3.44. The highest BCUT2D eigenvalue weighted by atomic mass is 16.2. The molecule has 0 aliphatic heterocycles. The largest absolute Gasteiger partial charge is 0.339 e. The van der Waals surface area contributed by atoms with Gasteiger partial charge in [-0.3, -0.25) is 14.4 Å². The van der Waals surface area contributed by atoms with Crippen LogP contribution in [0, 0.1) is 0 Å². The van der Waals surface area contributed by atoms with E-state index in [1.165, 1.54) is 13.8 Å². The van der Waals surface area contributed by atoms with Gasteiger partial charge in [0.05, 0.1) is 0 Å². The minimum absolute atomic E-state index is 0.00692. The van der Waals surface area contributed by atoms with Crippen LogP contribution in [0.1, 0.15) is 32.8 Å². The Labute approximate surface area is 166 Å². The minimum atomic E-state index is -0.153. The lowest BCUT2D eigenvalue weighted by atomic mass is 10.2. The summed E-state index contributed by atoms with van der Waals surface area (Å²) in [5.41, 5.74) is 2.44. The summed E-state index contributed by atoms with van der Waals surface area (Å²) in [4.78, 5) is 39.2. The molecule has 148 valence electrons. The van der Waals surface area contributed by atoms with E-state index in [1.54, 1.807) is 34.1 Å². The number of benzene rings is 2. The van der Waals surface area contributed by atoms with E-state index in [9.17, 15) is 14.4 Å². The Hall–Kier alpha value is -3.15. The number of carbonyl (C=O) groups excluding carboxylic acids is 3. The first-order valence-corrected chi connectivity index (χ1v) is 9.38. The van der Waals surface area contributed by atoms with Gasteiger partial charge in [0, 0.05) is 51.3 Å². The van der Waals surface area contributed by atoms with Crippen molar-refractivity contribution in [3.8, 4) is 0 Å². The van der Waals surface area contributed by atoms with Gasteiger partial charge in [0.2, 0.25) is 17.7 Å². The molecule has 6 heteroatoms. The molecular formula is C22H27N3O3. The van der Waals surface area contributed by atoms with Gasteiger partial charge in [0.15, 0.2) is 0 Å². The van der Waals surface area contributed by atoms with Crippen molar-refractivity contribution in [2.75, 3.05) is 23.3 Å². The second kappa shape index (κ2) is 10.3.